The summed E-state index contributed by atoms with van der Waals surface area (Å²) in [5.74, 6) is 1.14. The Morgan fingerprint density at radius 3 is 2.42 bits per heavy atom. The summed E-state index contributed by atoms with van der Waals surface area (Å²) in [5.41, 5.74) is 1.24. The minimum absolute atomic E-state index is 0.0873. The van der Waals surface area contributed by atoms with Gasteiger partial charge < -0.3 is 14.8 Å². The van der Waals surface area contributed by atoms with Crippen LogP contribution in [0.25, 0.3) is 0 Å². The highest BCUT2D eigenvalue weighted by atomic mass is 32.1. The molecule has 0 aliphatic carbocycles. The quantitative estimate of drug-likeness (QED) is 0.812. The van der Waals surface area contributed by atoms with E-state index in [1.54, 1.807) is 37.4 Å². The summed E-state index contributed by atoms with van der Waals surface area (Å²) in [6.45, 7) is 3.90. The van der Waals surface area contributed by atoms with Crippen molar-refractivity contribution < 1.29 is 14.3 Å². The molecule has 2 rings (SSSR count). The smallest absolute Gasteiger partial charge is 0.257 e. The van der Waals surface area contributed by atoms with Gasteiger partial charge in [0.15, 0.2) is 5.11 Å². The highest BCUT2D eigenvalue weighted by Crippen LogP contribution is 2.17. The lowest BCUT2D eigenvalue weighted by Gasteiger charge is -2.12. The molecule has 0 unspecified atom stereocenters. The Hall–Kier alpha value is -2.60. The molecule has 0 bridgehead atoms. The SMILES string of the molecule is COc1cccc(NC(=S)NC(=O)c2ccc(OC(C)C)cc2)c1. The van der Waals surface area contributed by atoms with Gasteiger partial charge in [0.25, 0.3) is 5.91 Å². The first-order valence-electron chi connectivity index (χ1n) is 7.51. The maximum Gasteiger partial charge on any atom is 0.257 e. The molecule has 0 atom stereocenters. The van der Waals surface area contributed by atoms with E-state index < -0.39 is 0 Å². The number of ether oxygens (including phenoxy) is 2. The molecule has 0 fully saturated rings. The summed E-state index contributed by atoms with van der Waals surface area (Å²) in [6.07, 6.45) is 0.0873. The van der Waals surface area contributed by atoms with Crippen LogP contribution < -0.4 is 20.1 Å². The molecule has 2 aromatic carbocycles. The van der Waals surface area contributed by atoms with Crippen LogP contribution in [0.15, 0.2) is 48.5 Å². The van der Waals surface area contributed by atoms with Gasteiger partial charge in [-0.2, -0.15) is 0 Å². The third-order valence-electron chi connectivity index (χ3n) is 3.04. The standard InChI is InChI=1S/C18H20N2O3S/c1-12(2)23-15-9-7-13(8-10-15)17(21)20-18(24)19-14-5-4-6-16(11-14)22-3/h4-12H,1-3H3,(H2,19,20,21,24). The van der Waals surface area contributed by atoms with E-state index in [0.717, 1.165) is 11.4 Å². The second kappa shape index (κ2) is 8.31. The van der Waals surface area contributed by atoms with Gasteiger partial charge in [-0.3, -0.25) is 10.1 Å². The number of amides is 1. The van der Waals surface area contributed by atoms with Crippen LogP contribution in [-0.4, -0.2) is 24.2 Å². The summed E-state index contributed by atoms with van der Waals surface area (Å²) in [5, 5.41) is 5.81. The van der Waals surface area contributed by atoms with Crippen molar-refractivity contribution >= 4 is 28.9 Å². The fraction of sp³-hybridized carbons (Fsp3) is 0.222. The second-order valence-electron chi connectivity index (χ2n) is 5.33. The highest BCUT2D eigenvalue weighted by Gasteiger charge is 2.09. The average molecular weight is 344 g/mol. The maximum atomic E-state index is 12.2. The molecule has 0 heterocycles. The van der Waals surface area contributed by atoms with Gasteiger partial charge in [-0.05, 0) is 62.5 Å². The van der Waals surface area contributed by atoms with E-state index in [-0.39, 0.29) is 17.1 Å². The monoisotopic (exact) mass is 344 g/mol. The molecule has 0 saturated heterocycles. The van der Waals surface area contributed by atoms with Crippen LogP contribution >= 0.6 is 12.2 Å². The third-order valence-corrected chi connectivity index (χ3v) is 3.25. The van der Waals surface area contributed by atoms with Gasteiger partial charge >= 0.3 is 0 Å². The van der Waals surface area contributed by atoms with E-state index in [4.69, 9.17) is 21.7 Å². The molecule has 0 radical (unpaired) electrons. The second-order valence-corrected chi connectivity index (χ2v) is 5.74. The molecule has 0 aliphatic rings. The third kappa shape index (κ3) is 5.24. The Balaban J connectivity index is 1.94. The van der Waals surface area contributed by atoms with E-state index in [9.17, 15) is 4.79 Å². The molecule has 0 spiro atoms. The van der Waals surface area contributed by atoms with Crippen molar-refractivity contribution in [3.63, 3.8) is 0 Å². The first-order valence-corrected chi connectivity index (χ1v) is 7.92. The predicted octanol–water partition coefficient (Wildman–Crippen LogP) is 3.61. The normalized spacial score (nSPS) is 10.2. The van der Waals surface area contributed by atoms with Gasteiger partial charge in [0.2, 0.25) is 0 Å². The zero-order valence-corrected chi connectivity index (χ0v) is 14.6. The van der Waals surface area contributed by atoms with E-state index in [0.29, 0.717) is 11.3 Å². The van der Waals surface area contributed by atoms with Crippen molar-refractivity contribution in [3.05, 3.63) is 54.1 Å². The first-order chi connectivity index (χ1) is 11.5. The van der Waals surface area contributed by atoms with Crippen LogP contribution in [0.2, 0.25) is 0 Å². The first kappa shape index (κ1) is 17.7. The van der Waals surface area contributed by atoms with Crippen molar-refractivity contribution in [2.75, 3.05) is 12.4 Å². The number of carbonyl (C=O) groups is 1. The van der Waals surface area contributed by atoms with Gasteiger partial charge in [-0.15, -0.1) is 0 Å². The van der Waals surface area contributed by atoms with Gasteiger partial charge in [0.1, 0.15) is 11.5 Å². The molecule has 0 saturated carbocycles. The highest BCUT2D eigenvalue weighted by molar-refractivity contribution is 7.80. The number of carbonyl (C=O) groups excluding carboxylic acids is 1. The Morgan fingerprint density at radius 2 is 1.79 bits per heavy atom. The number of methoxy groups -OCH3 is 1. The van der Waals surface area contributed by atoms with E-state index in [1.807, 2.05) is 32.0 Å². The van der Waals surface area contributed by atoms with Crippen LogP contribution in [0.4, 0.5) is 5.69 Å². The minimum Gasteiger partial charge on any atom is -0.497 e. The van der Waals surface area contributed by atoms with Crippen LogP contribution in [0.3, 0.4) is 0 Å². The summed E-state index contributed by atoms with van der Waals surface area (Å²) < 4.78 is 10.7. The Labute approximate surface area is 147 Å². The van der Waals surface area contributed by atoms with Crippen molar-refractivity contribution in [3.8, 4) is 11.5 Å². The Bertz CT molecular complexity index is 714. The summed E-state index contributed by atoms with van der Waals surface area (Å²) >= 11 is 5.17. The fourth-order valence-corrected chi connectivity index (χ4v) is 2.21. The molecule has 0 aromatic heterocycles. The number of thiocarbonyl (C=S) groups is 1. The zero-order valence-electron chi connectivity index (χ0n) is 13.8. The number of benzene rings is 2. The lowest BCUT2D eigenvalue weighted by Crippen LogP contribution is -2.34. The molecule has 6 heteroatoms. The molecule has 1 amide bonds. The van der Waals surface area contributed by atoms with Crippen molar-refractivity contribution in [2.24, 2.45) is 0 Å². The van der Waals surface area contributed by atoms with Gasteiger partial charge in [-0.1, -0.05) is 6.07 Å². The van der Waals surface area contributed by atoms with E-state index in [2.05, 4.69) is 10.6 Å². The van der Waals surface area contributed by atoms with Crippen LogP contribution in [0, 0.1) is 0 Å². The molecule has 2 aromatic rings. The average Bonchev–Trinajstić information content (AvgIpc) is 2.55. The molecular weight excluding hydrogens is 324 g/mol. The summed E-state index contributed by atoms with van der Waals surface area (Å²) in [4.78, 5) is 12.2. The van der Waals surface area contributed by atoms with Crippen LogP contribution in [0.5, 0.6) is 11.5 Å². The van der Waals surface area contributed by atoms with Crippen LogP contribution in [0.1, 0.15) is 24.2 Å². The van der Waals surface area contributed by atoms with Crippen molar-refractivity contribution in [1.29, 1.82) is 0 Å². The minimum atomic E-state index is -0.286. The maximum absolute atomic E-state index is 12.2. The summed E-state index contributed by atoms with van der Waals surface area (Å²) in [7, 11) is 1.59. The lowest BCUT2D eigenvalue weighted by atomic mass is 10.2. The fourth-order valence-electron chi connectivity index (χ4n) is 2.00. The largest absolute Gasteiger partial charge is 0.497 e. The van der Waals surface area contributed by atoms with E-state index >= 15 is 0 Å². The molecule has 126 valence electrons. The van der Waals surface area contributed by atoms with Gasteiger partial charge in [0.05, 0.1) is 13.2 Å². The van der Waals surface area contributed by atoms with Gasteiger partial charge in [-0.25, -0.2) is 0 Å². The Kier molecular flexibility index (Phi) is 6.14. The molecule has 2 N–H and O–H groups in total. The van der Waals surface area contributed by atoms with Gasteiger partial charge in [0, 0.05) is 17.3 Å². The molecule has 0 aliphatic heterocycles. The number of rotatable bonds is 5. The van der Waals surface area contributed by atoms with E-state index in [1.165, 1.54) is 0 Å². The molecular formula is C18H20N2O3S. The molecule has 24 heavy (non-hydrogen) atoms. The number of hydrogen-bond acceptors (Lipinski definition) is 4. The lowest BCUT2D eigenvalue weighted by molar-refractivity contribution is 0.0977. The van der Waals surface area contributed by atoms with Crippen molar-refractivity contribution in [1.82, 2.24) is 5.32 Å². The summed E-state index contributed by atoms with van der Waals surface area (Å²) in [6, 6.07) is 14.2. The van der Waals surface area contributed by atoms with Crippen molar-refractivity contribution in [2.45, 2.75) is 20.0 Å². The topological polar surface area (TPSA) is 59.6 Å². The zero-order chi connectivity index (χ0) is 17.5. The number of hydrogen-bond donors (Lipinski definition) is 2. The van der Waals surface area contributed by atoms with Crippen LogP contribution in [-0.2, 0) is 0 Å². The molecule has 5 nitrogen and oxygen atoms in total. The predicted molar refractivity (Wildman–Crippen MR) is 98.9 cm³/mol. The number of anilines is 1. The Morgan fingerprint density at radius 1 is 1.08 bits per heavy atom. The number of nitrogens with one attached hydrogen (secondary N) is 2.